The maximum Gasteiger partial charge on any atom is 0.407 e. The summed E-state index contributed by atoms with van der Waals surface area (Å²) in [4.78, 5) is 26.0. The molecule has 10 heteroatoms. The Bertz CT molecular complexity index is 1290. The van der Waals surface area contributed by atoms with Gasteiger partial charge in [0.05, 0.1) is 17.8 Å². The predicted octanol–water partition coefficient (Wildman–Crippen LogP) is 4.46. The lowest BCUT2D eigenvalue weighted by Gasteiger charge is -2.22. The molecule has 0 spiro atoms. The normalized spacial score (nSPS) is 15.4. The Morgan fingerprint density at radius 3 is 2.97 bits per heavy atom. The number of aromatic nitrogens is 2. The number of nitriles is 1. The van der Waals surface area contributed by atoms with Gasteiger partial charge < -0.3 is 20.5 Å². The summed E-state index contributed by atoms with van der Waals surface area (Å²) in [6.45, 7) is 4.95. The molecule has 36 heavy (non-hydrogen) atoms. The first-order valence-electron chi connectivity index (χ1n) is 12.0. The molecule has 2 unspecified atom stereocenters. The van der Waals surface area contributed by atoms with Crippen molar-refractivity contribution in [1.29, 1.82) is 5.26 Å². The molecule has 2 aromatic heterocycles. The number of fused-ring (bicyclic) bond motifs is 1. The average molecular weight is 508 g/mol. The number of hydrogen-bond acceptors (Lipinski definition) is 7. The van der Waals surface area contributed by atoms with Crippen molar-refractivity contribution in [3.63, 3.8) is 0 Å². The molecule has 0 radical (unpaired) electrons. The molecule has 2 amide bonds. The summed E-state index contributed by atoms with van der Waals surface area (Å²) in [5.41, 5.74) is 3.18. The van der Waals surface area contributed by atoms with E-state index in [2.05, 4.69) is 21.8 Å². The van der Waals surface area contributed by atoms with Crippen LogP contribution < -0.4 is 10.6 Å². The van der Waals surface area contributed by atoms with Gasteiger partial charge >= 0.3 is 6.09 Å². The summed E-state index contributed by atoms with van der Waals surface area (Å²) in [7, 11) is 0. The number of rotatable bonds is 8. The van der Waals surface area contributed by atoms with E-state index < -0.39 is 6.09 Å². The van der Waals surface area contributed by atoms with Crippen LogP contribution in [0.15, 0.2) is 36.5 Å². The van der Waals surface area contributed by atoms with Gasteiger partial charge in [-0.25, -0.2) is 4.79 Å². The lowest BCUT2D eigenvalue weighted by atomic mass is 9.93. The fourth-order valence-corrected chi connectivity index (χ4v) is 5.70. The molecule has 3 N–H and O–H groups in total. The van der Waals surface area contributed by atoms with E-state index in [0.29, 0.717) is 36.4 Å². The van der Waals surface area contributed by atoms with Crippen LogP contribution in [0.4, 0.5) is 9.80 Å². The van der Waals surface area contributed by atoms with Crippen LogP contribution in [-0.4, -0.2) is 33.0 Å². The van der Waals surface area contributed by atoms with Gasteiger partial charge in [0.2, 0.25) is 5.91 Å². The molecule has 0 saturated carbocycles. The molecule has 2 atom stereocenters. The van der Waals surface area contributed by atoms with Crippen molar-refractivity contribution in [3.05, 3.63) is 63.8 Å². The number of benzene rings is 1. The maximum atomic E-state index is 12.7. The van der Waals surface area contributed by atoms with E-state index in [1.165, 1.54) is 11.3 Å². The van der Waals surface area contributed by atoms with Gasteiger partial charge in [-0.1, -0.05) is 19.1 Å². The fraction of sp³-hybridized carbons (Fsp3) is 0.385. The number of nitrogens with zero attached hydrogens (tertiary/aromatic N) is 3. The molecule has 1 aromatic carbocycles. The molecule has 0 fully saturated rings. The highest BCUT2D eigenvalue weighted by atomic mass is 32.1. The number of aromatic hydroxyl groups is 1. The van der Waals surface area contributed by atoms with Crippen molar-refractivity contribution in [1.82, 2.24) is 15.1 Å². The number of ether oxygens (including phenoxy) is 1. The van der Waals surface area contributed by atoms with Crippen molar-refractivity contribution in [2.45, 2.75) is 64.6 Å². The number of thiophene rings is 1. The number of aryl methyl sites for hydroxylation is 1. The molecular formula is C26H29N5O4S. The number of nitrogens with one attached hydrogen (secondary N) is 2. The number of carbonyl (C=O) groups excluding carboxylic acids is 2. The number of phenolic OH excluding ortho intramolecular Hbond substituents is 1. The van der Waals surface area contributed by atoms with E-state index in [9.17, 15) is 20.0 Å². The smallest absolute Gasteiger partial charge is 0.407 e. The number of hydrogen-bond donors (Lipinski definition) is 3. The number of amides is 2. The third-order valence-electron chi connectivity index (χ3n) is 6.31. The molecule has 1 aliphatic carbocycles. The minimum absolute atomic E-state index is 0.0931. The molecule has 0 aliphatic heterocycles. The monoisotopic (exact) mass is 507 g/mol. The van der Waals surface area contributed by atoms with Crippen LogP contribution in [0.2, 0.25) is 0 Å². The highest BCUT2D eigenvalue weighted by molar-refractivity contribution is 7.16. The number of alkyl carbamates (subject to hydrolysis) is 1. The zero-order chi connectivity index (χ0) is 25.7. The van der Waals surface area contributed by atoms with Gasteiger partial charge in [-0.2, -0.15) is 10.4 Å². The quantitative estimate of drug-likeness (QED) is 0.413. The zero-order valence-corrected chi connectivity index (χ0v) is 21.1. The van der Waals surface area contributed by atoms with Crippen LogP contribution in [0.1, 0.15) is 59.9 Å². The molecule has 2 heterocycles. The van der Waals surface area contributed by atoms with Crippen molar-refractivity contribution < 1.29 is 19.4 Å². The molecule has 4 rings (SSSR count). The summed E-state index contributed by atoms with van der Waals surface area (Å²) in [6.07, 6.45) is 2.85. The summed E-state index contributed by atoms with van der Waals surface area (Å²) in [6, 6.07) is 11.0. The Labute approximate surface area is 213 Å². The second kappa shape index (κ2) is 11.3. The van der Waals surface area contributed by atoms with E-state index >= 15 is 0 Å². The molecule has 1 aliphatic rings. The van der Waals surface area contributed by atoms with Crippen LogP contribution in [-0.2, 0) is 35.5 Å². The van der Waals surface area contributed by atoms with Gasteiger partial charge in [0.15, 0.2) is 0 Å². The van der Waals surface area contributed by atoms with Gasteiger partial charge in [-0.15, -0.1) is 11.3 Å². The van der Waals surface area contributed by atoms with Gasteiger partial charge in [-0.05, 0) is 55.0 Å². The van der Waals surface area contributed by atoms with Crippen LogP contribution in [0.25, 0.3) is 0 Å². The summed E-state index contributed by atoms with van der Waals surface area (Å²) >= 11 is 1.37. The first kappa shape index (κ1) is 25.3. The van der Waals surface area contributed by atoms with Gasteiger partial charge in [0.1, 0.15) is 22.9 Å². The third-order valence-corrected chi connectivity index (χ3v) is 7.48. The first-order chi connectivity index (χ1) is 17.4. The largest absolute Gasteiger partial charge is 0.508 e. The minimum Gasteiger partial charge on any atom is -0.508 e. The standard InChI is InChI=1S/C26H29N5O4S/c1-3-31-18(9-10-29-31)15-28-26(34)35-20-7-8-21-22(14-27)25(36-23(21)13-20)30-24(33)11-16(2)17-5-4-6-19(32)12-17/h4-6,9-10,12,16,20,32H,3,7-8,11,13,15H2,1-2H3,(H,28,34)(H,30,33). The third kappa shape index (κ3) is 5.86. The Balaban J connectivity index is 1.34. The zero-order valence-electron chi connectivity index (χ0n) is 20.3. The predicted molar refractivity (Wildman–Crippen MR) is 136 cm³/mol. The van der Waals surface area contributed by atoms with E-state index in [1.54, 1.807) is 24.4 Å². The van der Waals surface area contributed by atoms with Gasteiger partial charge in [-0.3, -0.25) is 9.48 Å². The SMILES string of the molecule is CCn1nccc1CNC(=O)OC1CCc2c(sc(NC(=O)CC(C)c3cccc(O)c3)c2C#N)C1. The second-order valence-electron chi connectivity index (χ2n) is 8.83. The second-order valence-corrected chi connectivity index (χ2v) is 9.94. The van der Waals surface area contributed by atoms with Crippen LogP contribution in [0.3, 0.4) is 0 Å². The average Bonchev–Trinajstić information content (AvgIpc) is 3.45. The topological polar surface area (TPSA) is 129 Å². The lowest BCUT2D eigenvalue weighted by Crippen LogP contribution is -2.32. The van der Waals surface area contributed by atoms with E-state index in [4.69, 9.17) is 4.74 Å². The number of phenols is 1. The summed E-state index contributed by atoms with van der Waals surface area (Å²) < 4.78 is 7.44. The number of carbonyl (C=O) groups is 2. The summed E-state index contributed by atoms with van der Waals surface area (Å²) in [5.74, 6) is -0.126. The van der Waals surface area contributed by atoms with Crippen molar-refractivity contribution in [2.75, 3.05) is 5.32 Å². The summed E-state index contributed by atoms with van der Waals surface area (Å²) in [5, 5.41) is 29.8. The van der Waals surface area contributed by atoms with E-state index in [0.717, 1.165) is 28.2 Å². The highest BCUT2D eigenvalue weighted by Crippen LogP contribution is 2.38. The Morgan fingerprint density at radius 1 is 1.39 bits per heavy atom. The van der Waals surface area contributed by atoms with Crippen molar-refractivity contribution >= 4 is 28.3 Å². The maximum absolute atomic E-state index is 12.7. The molecule has 0 bridgehead atoms. The molecule has 9 nitrogen and oxygen atoms in total. The van der Waals surface area contributed by atoms with E-state index in [1.807, 2.05) is 30.7 Å². The van der Waals surface area contributed by atoms with Gasteiger partial charge in [0.25, 0.3) is 0 Å². The molecule has 188 valence electrons. The Kier molecular flexibility index (Phi) is 7.90. The van der Waals surface area contributed by atoms with Crippen LogP contribution in [0.5, 0.6) is 5.75 Å². The Morgan fingerprint density at radius 2 is 2.22 bits per heavy atom. The molecular weight excluding hydrogens is 478 g/mol. The fourth-order valence-electron chi connectivity index (χ4n) is 4.42. The minimum atomic E-state index is -0.487. The first-order valence-corrected chi connectivity index (χ1v) is 12.8. The van der Waals surface area contributed by atoms with E-state index in [-0.39, 0.29) is 30.1 Å². The molecule has 0 saturated heterocycles. The molecule has 3 aromatic rings. The van der Waals surface area contributed by atoms with Crippen molar-refractivity contribution in [3.8, 4) is 11.8 Å². The highest BCUT2D eigenvalue weighted by Gasteiger charge is 2.28. The Hall–Kier alpha value is -3.84. The van der Waals surface area contributed by atoms with Crippen molar-refractivity contribution in [2.24, 2.45) is 0 Å². The number of anilines is 1. The van der Waals surface area contributed by atoms with Crippen LogP contribution in [0, 0.1) is 11.3 Å². The van der Waals surface area contributed by atoms with Gasteiger partial charge in [0, 0.05) is 30.5 Å². The lowest BCUT2D eigenvalue weighted by molar-refractivity contribution is -0.116. The van der Waals surface area contributed by atoms with Crippen LogP contribution >= 0.6 is 11.3 Å².